The molecule has 5 rings (SSSR count). The van der Waals surface area contributed by atoms with Crippen molar-refractivity contribution in [1.82, 2.24) is 15.1 Å². The highest BCUT2D eigenvalue weighted by Crippen LogP contribution is 2.39. The first-order valence-electron chi connectivity index (χ1n) is 9.77. The highest BCUT2D eigenvalue weighted by atomic mass is 35.5. The Labute approximate surface area is 186 Å². The molecule has 162 valence electrons. The third-order valence-electron chi connectivity index (χ3n) is 5.22. The van der Waals surface area contributed by atoms with E-state index >= 15 is 0 Å². The van der Waals surface area contributed by atoms with Crippen LogP contribution in [0.2, 0.25) is 0 Å². The maximum Gasteiger partial charge on any atom is 0.226 e. The lowest BCUT2D eigenvalue weighted by Crippen LogP contribution is -2.17. The molecule has 0 radical (unpaired) electrons. The minimum atomic E-state index is -3.87. The number of hydrogen-bond donors (Lipinski definition) is 1. The average molecular weight is 460 g/mol. The Morgan fingerprint density at radius 2 is 1.94 bits per heavy atom. The van der Waals surface area contributed by atoms with E-state index in [-0.39, 0.29) is 22.3 Å². The van der Waals surface area contributed by atoms with Crippen LogP contribution < -0.4 is 14.8 Å². The van der Waals surface area contributed by atoms with Gasteiger partial charge in [0.05, 0.1) is 11.4 Å². The Kier molecular flexibility index (Phi) is 5.79. The van der Waals surface area contributed by atoms with Gasteiger partial charge in [-0.1, -0.05) is 36.4 Å². The quantitative estimate of drug-likeness (QED) is 0.445. The fourth-order valence-corrected chi connectivity index (χ4v) is 5.42. The summed E-state index contributed by atoms with van der Waals surface area (Å²) in [5, 5.41) is 9.60. The topological polar surface area (TPSA) is 82.5 Å². The summed E-state index contributed by atoms with van der Waals surface area (Å²) in [4.78, 5) is 0.246. The highest BCUT2D eigenvalue weighted by molar-refractivity contribution is 7.91. The first kappa shape index (κ1) is 21.4. The monoisotopic (exact) mass is 459 g/mol. The summed E-state index contributed by atoms with van der Waals surface area (Å²) >= 11 is 0. The van der Waals surface area contributed by atoms with Crippen LogP contribution >= 0.6 is 12.4 Å². The number of nitrogens with one attached hydrogen (secondary N) is 1. The first-order chi connectivity index (χ1) is 14.6. The molecule has 0 fully saturated rings. The molecular formula is C22H22ClN3O4S. The second-order valence-corrected chi connectivity index (χ2v) is 8.96. The van der Waals surface area contributed by atoms with Gasteiger partial charge in [-0.15, -0.1) is 12.4 Å². The number of benzene rings is 3. The average Bonchev–Trinajstić information content (AvgIpc) is 3.14. The van der Waals surface area contributed by atoms with Gasteiger partial charge in [0.2, 0.25) is 9.84 Å². The number of halogens is 1. The van der Waals surface area contributed by atoms with Crippen LogP contribution in [0.5, 0.6) is 11.5 Å². The molecule has 0 amide bonds. The summed E-state index contributed by atoms with van der Waals surface area (Å²) in [6, 6.07) is 16.3. The molecule has 0 saturated heterocycles. The van der Waals surface area contributed by atoms with E-state index in [1.165, 1.54) is 0 Å². The van der Waals surface area contributed by atoms with Crippen molar-refractivity contribution in [3.8, 4) is 11.5 Å². The van der Waals surface area contributed by atoms with Crippen LogP contribution in [0, 0.1) is 0 Å². The van der Waals surface area contributed by atoms with Crippen LogP contribution in [0.4, 0.5) is 0 Å². The molecule has 0 atom stereocenters. The minimum Gasteiger partial charge on any atom is -0.492 e. The summed E-state index contributed by atoms with van der Waals surface area (Å²) in [6.45, 7) is 2.06. The number of fused-ring (bicyclic) bond motifs is 1. The fourth-order valence-electron chi connectivity index (χ4n) is 3.83. The SMILES string of the molecule is CNCCOc1cc2c3c(c1)c(S(=O)(=O)c1cccc4ccccc14)nn3CCO2.Cl. The van der Waals surface area contributed by atoms with Gasteiger partial charge in [-0.05, 0) is 24.6 Å². The lowest BCUT2D eigenvalue weighted by molar-refractivity contribution is 0.273. The predicted octanol–water partition coefficient (Wildman–Crippen LogP) is 3.43. The Morgan fingerprint density at radius 1 is 1.13 bits per heavy atom. The predicted molar refractivity (Wildman–Crippen MR) is 121 cm³/mol. The molecule has 3 aromatic carbocycles. The van der Waals surface area contributed by atoms with E-state index in [1.807, 2.05) is 37.4 Å². The van der Waals surface area contributed by atoms with Gasteiger partial charge in [0.1, 0.15) is 30.2 Å². The van der Waals surface area contributed by atoms with Gasteiger partial charge in [-0.2, -0.15) is 5.10 Å². The van der Waals surface area contributed by atoms with Gasteiger partial charge >= 0.3 is 0 Å². The first-order valence-corrected chi connectivity index (χ1v) is 11.3. The van der Waals surface area contributed by atoms with Crippen molar-refractivity contribution in [3.63, 3.8) is 0 Å². The van der Waals surface area contributed by atoms with Crippen molar-refractivity contribution in [2.45, 2.75) is 16.5 Å². The number of likely N-dealkylation sites (N-methyl/N-ethyl adjacent to an activating group) is 1. The lowest BCUT2D eigenvalue weighted by atomic mass is 10.1. The van der Waals surface area contributed by atoms with Crippen LogP contribution in [0.25, 0.3) is 21.7 Å². The van der Waals surface area contributed by atoms with Crippen molar-refractivity contribution in [1.29, 1.82) is 0 Å². The Balaban J connectivity index is 0.00000231. The molecule has 31 heavy (non-hydrogen) atoms. The maximum absolute atomic E-state index is 13.7. The third kappa shape index (κ3) is 3.60. The van der Waals surface area contributed by atoms with Crippen LogP contribution in [-0.2, 0) is 16.4 Å². The standard InChI is InChI=1S/C22H21N3O4S.ClH/c1-23-9-11-28-16-13-18-21-19(14-16)29-12-10-25(21)24-22(18)30(26,27)20-8-4-6-15-5-2-3-7-17(15)20;/h2-8,13-14,23H,9-12H2,1H3;1H. The Hall–Kier alpha value is -2.81. The molecule has 2 heterocycles. The number of sulfone groups is 1. The highest BCUT2D eigenvalue weighted by Gasteiger charge is 2.30. The lowest BCUT2D eigenvalue weighted by Gasteiger charge is -2.16. The molecule has 0 saturated carbocycles. The van der Waals surface area contributed by atoms with Crippen molar-refractivity contribution in [3.05, 3.63) is 54.6 Å². The van der Waals surface area contributed by atoms with E-state index in [0.717, 1.165) is 5.39 Å². The summed E-state index contributed by atoms with van der Waals surface area (Å²) in [5.41, 5.74) is 0.682. The summed E-state index contributed by atoms with van der Waals surface area (Å²) in [6.07, 6.45) is 0. The molecule has 0 unspecified atom stereocenters. The van der Waals surface area contributed by atoms with E-state index in [0.29, 0.717) is 54.1 Å². The van der Waals surface area contributed by atoms with Crippen LogP contribution in [0.15, 0.2) is 64.5 Å². The van der Waals surface area contributed by atoms with E-state index in [9.17, 15) is 8.42 Å². The second-order valence-electron chi connectivity index (χ2n) is 7.13. The van der Waals surface area contributed by atoms with Crippen LogP contribution in [0.1, 0.15) is 0 Å². The number of ether oxygens (including phenoxy) is 2. The summed E-state index contributed by atoms with van der Waals surface area (Å²) in [7, 11) is -2.02. The van der Waals surface area contributed by atoms with Gasteiger partial charge in [-0.25, -0.2) is 8.42 Å². The van der Waals surface area contributed by atoms with Crippen molar-refractivity contribution in [2.24, 2.45) is 0 Å². The van der Waals surface area contributed by atoms with E-state index < -0.39 is 9.84 Å². The van der Waals surface area contributed by atoms with Gasteiger partial charge in [0.15, 0.2) is 5.03 Å². The summed E-state index contributed by atoms with van der Waals surface area (Å²) in [5.74, 6) is 1.15. The zero-order valence-corrected chi connectivity index (χ0v) is 18.5. The molecule has 4 aromatic rings. The Morgan fingerprint density at radius 3 is 2.77 bits per heavy atom. The molecule has 0 aliphatic carbocycles. The van der Waals surface area contributed by atoms with E-state index in [2.05, 4.69) is 10.4 Å². The minimum absolute atomic E-state index is 0. The van der Waals surface area contributed by atoms with Crippen LogP contribution in [0.3, 0.4) is 0 Å². The van der Waals surface area contributed by atoms with Gasteiger partial charge < -0.3 is 14.8 Å². The maximum atomic E-state index is 13.7. The third-order valence-corrected chi connectivity index (χ3v) is 6.97. The molecule has 9 heteroatoms. The molecule has 0 spiro atoms. The molecule has 1 aliphatic rings. The van der Waals surface area contributed by atoms with E-state index in [1.54, 1.807) is 28.9 Å². The molecule has 1 aliphatic heterocycles. The van der Waals surface area contributed by atoms with Crippen molar-refractivity contribution in [2.75, 3.05) is 26.8 Å². The molecular weight excluding hydrogens is 438 g/mol. The van der Waals surface area contributed by atoms with Crippen molar-refractivity contribution >= 4 is 43.9 Å². The molecule has 0 bridgehead atoms. The van der Waals surface area contributed by atoms with Crippen LogP contribution in [-0.4, -0.2) is 45.0 Å². The van der Waals surface area contributed by atoms with Gasteiger partial charge in [-0.3, -0.25) is 4.68 Å². The fraction of sp³-hybridized carbons (Fsp3) is 0.227. The summed E-state index contributed by atoms with van der Waals surface area (Å²) < 4.78 is 40.8. The number of hydrogen-bond acceptors (Lipinski definition) is 6. The van der Waals surface area contributed by atoms with Gasteiger partial charge in [0, 0.05) is 23.4 Å². The molecule has 7 nitrogen and oxygen atoms in total. The zero-order valence-electron chi connectivity index (χ0n) is 16.9. The van der Waals surface area contributed by atoms with Crippen molar-refractivity contribution < 1.29 is 17.9 Å². The molecule has 1 aromatic heterocycles. The largest absolute Gasteiger partial charge is 0.492 e. The smallest absolute Gasteiger partial charge is 0.226 e. The molecule has 1 N–H and O–H groups in total. The number of rotatable bonds is 6. The van der Waals surface area contributed by atoms with E-state index in [4.69, 9.17) is 9.47 Å². The second kappa shape index (κ2) is 8.37. The zero-order chi connectivity index (χ0) is 20.7. The number of aromatic nitrogens is 2. The van der Waals surface area contributed by atoms with Gasteiger partial charge in [0.25, 0.3) is 0 Å². The Bertz CT molecular complexity index is 1360. The normalized spacial score (nSPS) is 13.1. The number of nitrogens with zero attached hydrogens (tertiary/aromatic N) is 2.